The zero-order valence-corrected chi connectivity index (χ0v) is 8.82. The largest absolute Gasteiger partial charge is 0.390 e. The third kappa shape index (κ3) is 2.27. The summed E-state index contributed by atoms with van der Waals surface area (Å²) in [6.45, 7) is 4.20. The fourth-order valence-corrected chi connectivity index (χ4v) is 2.22. The Morgan fingerprint density at radius 2 is 2.14 bits per heavy atom. The highest BCUT2D eigenvalue weighted by molar-refractivity contribution is 4.90. The molecule has 82 valence electrons. The van der Waals surface area contributed by atoms with Crippen LogP contribution in [0.25, 0.3) is 0 Å². The van der Waals surface area contributed by atoms with Gasteiger partial charge in [-0.25, -0.2) is 0 Å². The Morgan fingerprint density at radius 3 is 2.64 bits per heavy atom. The number of aliphatic hydroxyl groups is 1. The van der Waals surface area contributed by atoms with Crippen molar-refractivity contribution in [1.29, 1.82) is 0 Å². The molecule has 2 fully saturated rings. The molecule has 1 heterocycles. The average molecular weight is 200 g/mol. The molecule has 0 aromatic rings. The standard InChI is InChI=1S/C11H20O3/c1-2-14-11(8-3-4-8)10(12)9-5-6-13-7-9/h8-12H,2-7H2,1H3. The molecule has 3 unspecified atom stereocenters. The Balaban J connectivity index is 1.87. The lowest BCUT2D eigenvalue weighted by atomic mass is 9.94. The third-order valence-corrected chi connectivity index (χ3v) is 3.23. The molecule has 1 aliphatic heterocycles. The maximum Gasteiger partial charge on any atom is 0.0865 e. The molecular weight excluding hydrogens is 180 g/mol. The normalized spacial score (nSPS) is 31.7. The maximum atomic E-state index is 10.1. The fraction of sp³-hybridized carbons (Fsp3) is 1.00. The lowest BCUT2D eigenvalue weighted by Crippen LogP contribution is -2.37. The van der Waals surface area contributed by atoms with E-state index < -0.39 is 0 Å². The molecule has 1 saturated heterocycles. The van der Waals surface area contributed by atoms with Crippen LogP contribution in [0.3, 0.4) is 0 Å². The summed E-state index contributed by atoms with van der Waals surface area (Å²) in [5.74, 6) is 0.901. The molecule has 14 heavy (non-hydrogen) atoms. The van der Waals surface area contributed by atoms with Gasteiger partial charge in [0.2, 0.25) is 0 Å². The molecule has 0 spiro atoms. The van der Waals surface area contributed by atoms with E-state index in [-0.39, 0.29) is 12.2 Å². The van der Waals surface area contributed by atoms with Gasteiger partial charge in [-0.3, -0.25) is 0 Å². The highest BCUT2D eigenvalue weighted by atomic mass is 16.5. The lowest BCUT2D eigenvalue weighted by Gasteiger charge is -2.26. The van der Waals surface area contributed by atoms with Crippen molar-refractivity contribution < 1.29 is 14.6 Å². The second-order valence-electron chi connectivity index (χ2n) is 4.37. The van der Waals surface area contributed by atoms with Crippen LogP contribution >= 0.6 is 0 Å². The van der Waals surface area contributed by atoms with Crippen LogP contribution in [-0.2, 0) is 9.47 Å². The summed E-state index contributed by atoms with van der Waals surface area (Å²) in [4.78, 5) is 0. The lowest BCUT2D eigenvalue weighted by molar-refractivity contribution is -0.0696. The van der Waals surface area contributed by atoms with E-state index in [1.165, 1.54) is 12.8 Å². The Labute approximate surface area is 85.4 Å². The SMILES string of the molecule is CCOC(C1CC1)C(O)C1CCOC1. The number of hydrogen-bond donors (Lipinski definition) is 1. The van der Waals surface area contributed by atoms with Crippen molar-refractivity contribution in [2.45, 2.75) is 38.4 Å². The van der Waals surface area contributed by atoms with E-state index in [0.717, 1.165) is 13.0 Å². The van der Waals surface area contributed by atoms with Crippen LogP contribution in [0.2, 0.25) is 0 Å². The van der Waals surface area contributed by atoms with Crippen molar-refractivity contribution >= 4 is 0 Å². The zero-order chi connectivity index (χ0) is 9.97. The smallest absolute Gasteiger partial charge is 0.0865 e. The average Bonchev–Trinajstić information content (AvgIpc) is 2.88. The van der Waals surface area contributed by atoms with Gasteiger partial charge in [-0.2, -0.15) is 0 Å². The van der Waals surface area contributed by atoms with Gasteiger partial charge in [0.1, 0.15) is 0 Å². The van der Waals surface area contributed by atoms with Gasteiger partial charge in [-0.1, -0.05) is 0 Å². The van der Waals surface area contributed by atoms with Gasteiger partial charge in [0.25, 0.3) is 0 Å². The highest BCUT2D eigenvalue weighted by Gasteiger charge is 2.40. The molecule has 3 atom stereocenters. The molecule has 0 bridgehead atoms. The van der Waals surface area contributed by atoms with Crippen LogP contribution in [0.1, 0.15) is 26.2 Å². The number of ether oxygens (including phenoxy) is 2. The van der Waals surface area contributed by atoms with E-state index in [1.807, 2.05) is 6.92 Å². The van der Waals surface area contributed by atoms with E-state index >= 15 is 0 Å². The summed E-state index contributed by atoms with van der Waals surface area (Å²) >= 11 is 0. The first-order valence-corrected chi connectivity index (χ1v) is 5.70. The summed E-state index contributed by atoms with van der Waals surface area (Å²) in [5, 5.41) is 10.1. The Morgan fingerprint density at radius 1 is 1.36 bits per heavy atom. The minimum atomic E-state index is -0.315. The molecule has 1 saturated carbocycles. The van der Waals surface area contributed by atoms with E-state index in [9.17, 15) is 5.11 Å². The van der Waals surface area contributed by atoms with Gasteiger partial charge < -0.3 is 14.6 Å². The summed E-state index contributed by atoms with van der Waals surface area (Å²) in [6, 6.07) is 0. The maximum absolute atomic E-state index is 10.1. The minimum absolute atomic E-state index is 0.0618. The van der Waals surface area contributed by atoms with Crippen LogP contribution in [0, 0.1) is 11.8 Å². The molecular formula is C11H20O3. The Kier molecular flexibility index (Phi) is 3.42. The molecule has 0 amide bonds. The van der Waals surface area contributed by atoms with Crippen molar-refractivity contribution in [3.8, 4) is 0 Å². The summed E-state index contributed by atoms with van der Waals surface area (Å²) in [5.41, 5.74) is 0. The van der Waals surface area contributed by atoms with Gasteiger partial charge >= 0.3 is 0 Å². The third-order valence-electron chi connectivity index (χ3n) is 3.23. The molecule has 3 heteroatoms. The second-order valence-corrected chi connectivity index (χ2v) is 4.37. The molecule has 2 rings (SSSR count). The predicted octanol–water partition coefficient (Wildman–Crippen LogP) is 1.20. The molecule has 0 aromatic heterocycles. The molecule has 1 aliphatic carbocycles. The second kappa shape index (κ2) is 4.60. The van der Waals surface area contributed by atoms with Crippen LogP contribution < -0.4 is 0 Å². The molecule has 0 radical (unpaired) electrons. The van der Waals surface area contributed by atoms with E-state index in [1.54, 1.807) is 0 Å². The van der Waals surface area contributed by atoms with E-state index in [0.29, 0.717) is 25.0 Å². The van der Waals surface area contributed by atoms with Crippen LogP contribution in [0.15, 0.2) is 0 Å². The first-order chi connectivity index (χ1) is 6.83. The monoisotopic (exact) mass is 200 g/mol. The van der Waals surface area contributed by atoms with Crippen LogP contribution in [0.5, 0.6) is 0 Å². The van der Waals surface area contributed by atoms with E-state index in [2.05, 4.69) is 0 Å². The van der Waals surface area contributed by atoms with Gasteiger partial charge in [0.15, 0.2) is 0 Å². The van der Waals surface area contributed by atoms with Crippen molar-refractivity contribution in [1.82, 2.24) is 0 Å². The predicted molar refractivity (Wildman–Crippen MR) is 53.1 cm³/mol. The Bertz CT molecular complexity index is 173. The quantitative estimate of drug-likeness (QED) is 0.724. The zero-order valence-electron chi connectivity index (χ0n) is 8.82. The summed E-state index contributed by atoms with van der Waals surface area (Å²) < 4.78 is 10.9. The topological polar surface area (TPSA) is 38.7 Å². The van der Waals surface area contributed by atoms with Crippen molar-refractivity contribution in [3.05, 3.63) is 0 Å². The van der Waals surface area contributed by atoms with Gasteiger partial charge in [0.05, 0.1) is 18.8 Å². The molecule has 3 nitrogen and oxygen atoms in total. The molecule has 0 aromatic carbocycles. The first kappa shape index (κ1) is 10.4. The van der Waals surface area contributed by atoms with Crippen molar-refractivity contribution in [2.75, 3.05) is 19.8 Å². The van der Waals surface area contributed by atoms with Crippen LogP contribution in [-0.4, -0.2) is 37.1 Å². The number of rotatable bonds is 5. The fourth-order valence-electron chi connectivity index (χ4n) is 2.22. The first-order valence-electron chi connectivity index (χ1n) is 5.70. The van der Waals surface area contributed by atoms with Gasteiger partial charge in [-0.05, 0) is 32.1 Å². The summed E-state index contributed by atoms with van der Waals surface area (Å²) in [6.07, 6.45) is 3.17. The summed E-state index contributed by atoms with van der Waals surface area (Å²) in [7, 11) is 0. The van der Waals surface area contributed by atoms with Crippen LogP contribution in [0.4, 0.5) is 0 Å². The molecule has 1 N–H and O–H groups in total. The van der Waals surface area contributed by atoms with Gasteiger partial charge in [0, 0.05) is 19.1 Å². The van der Waals surface area contributed by atoms with E-state index in [4.69, 9.17) is 9.47 Å². The van der Waals surface area contributed by atoms with Crippen molar-refractivity contribution in [2.24, 2.45) is 11.8 Å². The van der Waals surface area contributed by atoms with Gasteiger partial charge in [-0.15, -0.1) is 0 Å². The Hall–Kier alpha value is -0.120. The minimum Gasteiger partial charge on any atom is -0.390 e. The highest BCUT2D eigenvalue weighted by Crippen LogP contribution is 2.38. The number of hydrogen-bond acceptors (Lipinski definition) is 3. The van der Waals surface area contributed by atoms with Crippen molar-refractivity contribution in [3.63, 3.8) is 0 Å². The molecule has 2 aliphatic rings. The number of aliphatic hydroxyl groups excluding tert-OH is 1.